The van der Waals surface area contributed by atoms with E-state index in [1.165, 1.54) is 6.07 Å². The maximum absolute atomic E-state index is 10.7. The average molecular weight is 312 g/mol. The first-order valence-electron chi connectivity index (χ1n) is 4.95. The number of carboxylic acids is 1. The van der Waals surface area contributed by atoms with Crippen LogP contribution in [0.1, 0.15) is 10.6 Å². The Bertz CT molecular complexity index is 636. The van der Waals surface area contributed by atoms with Gasteiger partial charge in [-0.25, -0.2) is 4.79 Å². The van der Waals surface area contributed by atoms with Crippen molar-refractivity contribution in [2.24, 2.45) is 0 Å². The van der Waals surface area contributed by atoms with Crippen molar-refractivity contribution in [1.29, 1.82) is 0 Å². The van der Waals surface area contributed by atoms with E-state index in [-0.39, 0.29) is 12.6 Å². The summed E-state index contributed by atoms with van der Waals surface area (Å²) in [6, 6.07) is 4.87. The number of halogens is 1. The van der Waals surface area contributed by atoms with Gasteiger partial charge in [-0.2, -0.15) is 0 Å². The zero-order chi connectivity index (χ0) is 12.7. The molecule has 0 bridgehead atoms. The Labute approximate surface area is 109 Å². The molecule has 1 N–H and O–H groups in total. The molecule has 7 heteroatoms. The number of aromatic carboxylic acids is 1. The first-order valence-corrected chi connectivity index (χ1v) is 5.74. The van der Waals surface area contributed by atoms with Crippen LogP contribution in [0, 0.1) is 0 Å². The normalized spacial score (nSPS) is 12.7. The molecule has 0 saturated carbocycles. The third-order valence-electron chi connectivity index (χ3n) is 2.47. The van der Waals surface area contributed by atoms with E-state index < -0.39 is 5.97 Å². The summed E-state index contributed by atoms with van der Waals surface area (Å²) >= 11 is 3.34. The molecule has 0 atom stereocenters. The van der Waals surface area contributed by atoms with Gasteiger partial charge in [0.2, 0.25) is 12.6 Å². The van der Waals surface area contributed by atoms with Crippen LogP contribution in [0.5, 0.6) is 11.5 Å². The number of benzene rings is 1. The van der Waals surface area contributed by atoms with Crippen molar-refractivity contribution in [1.82, 2.24) is 5.16 Å². The van der Waals surface area contributed by atoms with Gasteiger partial charge in [-0.15, -0.1) is 0 Å². The summed E-state index contributed by atoms with van der Waals surface area (Å²) in [7, 11) is 0. The van der Waals surface area contributed by atoms with Crippen LogP contribution < -0.4 is 9.47 Å². The minimum Gasteiger partial charge on any atom is -0.475 e. The molecule has 18 heavy (non-hydrogen) atoms. The SMILES string of the molecule is O=C(O)c1cc(-c2ccc(Br)c3c2OCO3)no1. The fourth-order valence-electron chi connectivity index (χ4n) is 1.67. The third-order valence-corrected chi connectivity index (χ3v) is 3.09. The van der Waals surface area contributed by atoms with E-state index in [0.717, 1.165) is 4.47 Å². The number of carbonyl (C=O) groups is 1. The highest BCUT2D eigenvalue weighted by molar-refractivity contribution is 9.10. The van der Waals surface area contributed by atoms with Crippen molar-refractivity contribution in [2.45, 2.75) is 0 Å². The van der Waals surface area contributed by atoms with Gasteiger partial charge in [0.25, 0.3) is 0 Å². The number of nitrogens with zero attached hydrogens (tertiary/aromatic N) is 1. The van der Waals surface area contributed by atoms with Gasteiger partial charge in [-0.3, -0.25) is 0 Å². The highest BCUT2D eigenvalue weighted by atomic mass is 79.9. The minimum absolute atomic E-state index is 0.120. The van der Waals surface area contributed by atoms with Gasteiger partial charge < -0.3 is 19.1 Å². The second kappa shape index (κ2) is 4.02. The molecule has 2 aromatic rings. The fourth-order valence-corrected chi connectivity index (χ4v) is 2.10. The van der Waals surface area contributed by atoms with Crippen molar-refractivity contribution >= 4 is 21.9 Å². The van der Waals surface area contributed by atoms with E-state index in [4.69, 9.17) is 19.1 Å². The van der Waals surface area contributed by atoms with E-state index in [2.05, 4.69) is 21.1 Å². The quantitative estimate of drug-likeness (QED) is 0.917. The number of rotatable bonds is 2. The van der Waals surface area contributed by atoms with Gasteiger partial charge in [0.1, 0.15) is 5.69 Å². The summed E-state index contributed by atoms with van der Waals surface area (Å²) < 4.78 is 16.1. The molecule has 0 saturated heterocycles. The number of hydrogen-bond acceptors (Lipinski definition) is 5. The summed E-state index contributed by atoms with van der Waals surface area (Å²) in [5.41, 5.74) is 1.02. The second-order valence-electron chi connectivity index (χ2n) is 3.54. The molecule has 1 aliphatic heterocycles. The molecule has 92 valence electrons. The highest BCUT2D eigenvalue weighted by Crippen LogP contribution is 2.45. The van der Waals surface area contributed by atoms with Gasteiger partial charge in [-0.1, -0.05) is 5.16 Å². The van der Waals surface area contributed by atoms with Gasteiger partial charge in [-0.05, 0) is 28.1 Å². The Morgan fingerprint density at radius 3 is 2.83 bits per heavy atom. The molecule has 0 unspecified atom stereocenters. The lowest BCUT2D eigenvalue weighted by atomic mass is 10.1. The first-order chi connectivity index (χ1) is 8.66. The van der Waals surface area contributed by atoms with Crippen molar-refractivity contribution in [3.8, 4) is 22.8 Å². The van der Waals surface area contributed by atoms with E-state index in [1.807, 2.05) is 0 Å². The molecular weight excluding hydrogens is 306 g/mol. The first kappa shape index (κ1) is 11.1. The molecule has 0 radical (unpaired) electrons. The Balaban J connectivity index is 2.12. The van der Waals surface area contributed by atoms with Crippen LogP contribution >= 0.6 is 15.9 Å². The topological polar surface area (TPSA) is 81.8 Å². The van der Waals surface area contributed by atoms with Gasteiger partial charge in [0, 0.05) is 11.6 Å². The number of carboxylic acid groups (broad SMARTS) is 1. The molecule has 1 aromatic carbocycles. The minimum atomic E-state index is -1.17. The van der Waals surface area contributed by atoms with Crippen LogP contribution in [0.15, 0.2) is 27.2 Å². The van der Waals surface area contributed by atoms with Gasteiger partial charge >= 0.3 is 5.97 Å². The molecule has 2 heterocycles. The lowest BCUT2D eigenvalue weighted by Crippen LogP contribution is -1.93. The van der Waals surface area contributed by atoms with Crippen molar-refractivity contribution < 1.29 is 23.9 Å². The molecule has 0 amide bonds. The Hall–Kier alpha value is -2.02. The fraction of sp³-hybridized carbons (Fsp3) is 0.0909. The Morgan fingerprint density at radius 2 is 2.11 bits per heavy atom. The summed E-state index contributed by atoms with van der Waals surface area (Å²) in [5.74, 6) is -0.290. The lowest BCUT2D eigenvalue weighted by molar-refractivity contribution is 0.0652. The predicted octanol–water partition coefficient (Wildman–Crippen LogP) is 2.53. The van der Waals surface area contributed by atoms with Crippen molar-refractivity contribution in [3.63, 3.8) is 0 Å². The van der Waals surface area contributed by atoms with E-state index >= 15 is 0 Å². The molecule has 0 aliphatic carbocycles. The van der Waals surface area contributed by atoms with Crippen molar-refractivity contribution in [2.75, 3.05) is 6.79 Å². The van der Waals surface area contributed by atoms with Crippen LogP contribution in [0.3, 0.4) is 0 Å². The maximum atomic E-state index is 10.7. The van der Waals surface area contributed by atoms with Crippen LogP contribution in [-0.2, 0) is 0 Å². The Morgan fingerprint density at radius 1 is 1.33 bits per heavy atom. The molecular formula is C11H6BrNO5. The van der Waals surface area contributed by atoms with Crippen molar-refractivity contribution in [3.05, 3.63) is 28.4 Å². The maximum Gasteiger partial charge on any atom is 0.374 e. The van der Waals surface area contributed by atoms with Gasteiger partial charge in [0.05, 0.1) is 4.47 Å². The Kier molecular flexibility index (Phi) is 2.48. The zero-order valence-corrected chi connectivity index (χ0v) is 10.4. The number of aromatic nitrogens is 1. The van der Waals surface area contributed by atoms with Crippen LogP contribution in [-0.4, -0.2) is 23.0 Å². The highest BCUT2D eigenvalue weighted by Gasteiger charge is 2.24. The second-order valence-corrected chi connectivity index (χ2v) is 4.40. The molecule has 6 nitrogen and oxygen atoms in total. The smallest absolute Gasteiger partial charge is 0.374 e. The molecule has 3 rings (SSSR count). The van der Waals surface area contributed by atoms with Crippen LogP contribution in [0.4, 0.5) is 0 Å². The summed E-state index contributed by atoms with van der Waals surface area (Å²) in [4.78, 5) is 10.7. The number of fused-ring (bicyclic) bond motifs is 1. The predicted molar refractivity (Wildman–Crippen MR) is 62.7 cm³/mol. The molecule has 1 aromatic heterocycles. The van der Waals surface area contributed by atoms with E-state index in [1.54, 1.807) is 12.1 Å². The number of ether oxygens (including phenoxy) is 2. The molecule has 0 spiro atoms. The summed E-state index contributed by atoms with van der Waals surface area (Å²) in [6.07, 6.45) is 0. The largest absolute Gasteiger partial charge is 0.475 e. The van der Waals surface area contributed by atoms with E-state index in [0.29, 0.717) is 22.8 Å². The third kappa shape index (κ3) is 1.63. The lowest BCUT2D eigenvalue weighted by Gasteiger charge is -2.03. The molecule has 1 aliphatic rings. The zero-order valence-electron chi connectivity index (χ0n) is 8.84. The number of hydrogen-bond donors (Lipinski definition) is 1. The van der Waals surface area contributed by atoms with Crippen LogP contribution in [0.2, 0.25) is 0 Å². The summed E-state index contributed by atoms with van der Waals surface area (Å²) in [5, 5.41) is 12.5. The van der Waals surface area contributed by atoms with Crippen LogP contribution in [0.25, 0.3) is 11.3 Å². The van der Waals surface area contributed by atoms with E-state index in [9.17, 15) is 4.79 Å². The standard InChI is InChI=1S/C11H6BrNO5/c12-6-2-1-5(9-10(6)17-4-16-9)7-3-8(11(14)15)18-13-7/h1-3H,4H2,(H,14,15). The van der Waals surface area contributed by atoms with Gasteiger partial charge in [0.15, 0.2) is 11.5 Å². The summed E-state index contributed by atoms with van der Waals surface area (Å²) in [6.45, 7) is 0.120. The molecule has 0 fully saturated rings. The monoisotopic (exact) mass is 311 g/mol. The average Bonchev–Trinajstić information content (AvgIpc) is 2.98.